The van der Waals surface area contributed by atoms with Crippen LogP contribution in [-0.4, -0.2) is 43.5 Å². The number of hydrogen-bond donors (Lipinski definition) is 1. The largest absolute Gasteiger partial charge is 0.598 e. The first-order chi connectivity index (χ1) is 20.3. The molecule has 43 heavy (non-hydrogen) atoms. The van der Waals surface area contributed by atoms with Gasteiger partial charge in [0.25, 0.3) is 0 Å². The molecule has 2 atom stereocenters. The molecule has 12 heteroatoms. The lowest BCUT2D eigenvalue weighted by molar-refractivity contribution is 0.0899. The van der Waals surface area contributed by atoms with Gasteiger partial charge in [-0.15, -0.1) is 16.1 Å². The Morgan fingerprint density at radius 3 is 2.49 bits per heavy atom. The zero-order valence-electron chi connectivity index (χ0n) is 25.3. The molecule has 2 aromatic carbocycles. The van der Waals surface area contributed by atoms with Gasteiger partial charge in [0, 0.05) is 37.7 Å². The summed E-state index contributed by atoms with van der Waals surface area (Å²) >= 11 is 0.0483. The molecule has 7 nitrogen and oxygen atoms in total. The topological polar surface area (TPSA) is 87.9 Å². The molecule has 0 amide bonds. The number of halogens is 2. The highest BCUT2D eigenvalue weighted by Gasteiger charge is 2.33. The Morgan fingerprint density at radius 2 is 1.79 bits per heavy atom. The molecule has 228 valence electrons. The van der Waals surface area contributed by atoms with E-state index in [1.165, 1.54) is 12.1 Å². The minimum Gasteiger partial charge on any atom is -0.598 e. The van der Waals surface area contributed by atoms with Crippen molar-refractivity contribution in [2.24, 2.45) is 0 Å². The summed E-state index contributed by atoms with van der Waals surface area (Å²) in [5.41, 5.74) is 6.79. The summed E-state index contributed by atoms with van der Waals surface area (Å²) < 4.78 is 53.8. The summed E-state index contributed by atoms with van der Waals surface area (Å²) in [5, 5.41) is 0. The molecule has 0 aliphatic heterocycles. The molecular weight excluding hydrogens is 605 g/mol. The van der Waals surface area contributed by atoms with Crippen LogP contribution in [0.3, 0.4) is 0 Å². The number of hydrogen-bond acceptors (Lipinski definition) is 7. The minimum atomic E-state index is -1.51. The van der Waals surface area contributed by atoms with Crippen LogP contribution in [0.2, 0.25) is 25.7 Å². The highest BCUT2D eigenvalue weighted by Crippen LogP contribution is 2.37. The van der Waals surface area contributed by atoms with Crippen LogP contribution in [0.4, 0.5) is 8.78 Å². The van der Waals surface area contributed by atoms with E-state index in [2.05, 4.69) is 34.3 Å². The van der Waals surface area contributed by atoms with Crippen LogP contribution < -0.4 is 4.72 Å². The average molecular weight is 642 g/mol. The molecule has 0 saturated carbocycles. The van der Waals surface area contributed by atoms with Gasteiger partial charge in [-0.1, -0.05) is 25.7 Å². The minimum absolute atomic E-state index is 0.155. The third-order valence-electron chi connectivity index (χ3n) is 7.03. The van der Waals surface area contributed by atoms with Gasteiger partial charge in [-0.3, -0.25) is 4.98 Å². The van der Waals surface area contributed by atoms with Crippen LogP contribution in [0.5, 0.6) is 0 Å². The number of fused-ring (bicyclic) bond motifs is 2. The quantitative estimate of drug-likeness (QED) is 0.0907. The Morgan fingerprint density at radius 1 is 1.05 bits per heavy atom. The fourth-order valence-corrected chi connectivity index (χ4v) is 6.97. The summed E-state index contributed by atoms with van der Waals surface area (Å²) in [4.78, 5) is 14.0. The van der Waals surface area contributed by atoms with E-state index in [1.54, 1.807) is 29.4 Å². The molecule has 1 N–H and O–H groups in total. The third-order valence-corrected chi connectivity index (χ3v) is 11.2. The summed E-state index contributed by atoms with van der Waals surface area (Å²) in [6.45, 7) is 13.5. The van der Waals surface area contributed by atoms with Gasteiger partial charge in [0.1, 0.15) is 28.6 Å². The predicted octanol–water partition coefficient (Wildman–Crippen LogP) is 7.63. The van der Waals surface area contributed by atoms with Crippen molar-refractivity contribution in [3.05, 3.63) is 77.3 Å². The van der Waals surface area contributed by atoms with E-state index in [-0.39, 0.29) is 6.42 Å². The van der Waals surface area contributed by atoms with E-state index in [4.69, 9.17) is 9.72 Å². The van der Waals surface area contributed by atoms with Gasteiger partial charge in [0.15, 0.2) is 0 Å². The van der Waals surface area contributed by atoms with Crippen molar-refractivity contribution >= 4 is 52.0 Å². The van der Waals surface area contributed by atoms with Crippen LogP contribution in [0, 0.1) is 11.6 Å². The SMILES string of the molecule is CC(C)(C)[S+]([O-])NC(Cc1cc(F)cc(F)c1)c1ncc2ncn(COCC[Si](C)(C)C)c2c1-c1ccc2scnc2c1. The van der Waals surface area contributed by atoms with E-state index in [1.807, 2.05) is 43.5 Å². The first-order valence-electron chi connectivity index (χ1n) is 14.2. The van der Waals surface area contributed by atoms with Gasteiger partial charge in [-0.25, -0.2) is 18.7 Å². The van der Waals surface area contributed by atoms with Gasteiger partial charge in [0.05, 0.1) is 45.5 Å². The van der Waals surface area contributed by atoms with Crippen molar-refractivity contribution in [2.75, 3.05) is 6.61 Å². The number of aromatic nitrogens is 4. The molecule has 0 saturated heterocycles. The van der Waals surface area contributed by atoms with E-state index >= 15 is 0 Å². The Kier molecular flexibility index (Phi) is 9.36. The number of thiazole rings is 1. The number of benzene rings is 2. The Hall–Kier alpha value is -2.74. The van der Waals surface area contributed by atoms with Crippen LogP contribution >= 0.6 is 11.3 Å². The van der Waals surface area contributed by atoms with Crippen LogP contribution in [0.1, 0.15) is 38.1 Å². The molecule has 0 aliphatic carbocycles. The lowest BCUT2D eigenvalue weighted by Crippen LogP contribution is -2.42. The van der Waals surface area contributed by atoms with Gasteiger partial charge >= 0.3 is 0 Å². The second kappa shape index (κ2) is 12.7. The molecule has 3 heterocycles. The molecule has 5 rings (SSSR count). The van der Waals surface area contributed by atoms with Gasteiger partial charge < -0.3 is 13.9 Å². The maximum absolute atomic E-state index is 14.3. The molecule has 5 aromatic rings. The molecule has 0 radical (unpaired) electrons. The molecule has 0 fully saturated rings. The van der Waals surface area contributed by atoms with Gasteiger partial charge in [-0.05, 0) is 68.6 Å². The van der Waals surface area contributed by atoms with E-state index in [0.29, 0.717) is 30.1 Å². The number of nitrogens with one attached hydrogen (secondary N) is 1. The molecule has 0 aliphatic rings. The number of nitrogens with zero attached hydrogens (tertiary/aromatic N) is 4. The highest BCUT2D eigenvalue weighted by atomic mass is 32.2. The van der Waals surface area contributed by atoms with Crippen LogP contribution in [-0.2, 0) is 29.3 Å². The summed E-state index contributed by atoms with van der Waals surface area (Å²) in [6, 6.07) is 9.88. The smallest absolute Gasteiger partial charge is 0.136 e. The standard InChI is InChI=1S/C31H37F2N5O2S2Si/c1-31(2,3)42(39)37-25(13-20-11-22(32)15-23(33)12-20)29-28(21-7-8-27-24(14-21)36-18-41-27)30-26(16-34-29)35-17-38(30)19-40-9-10-43(4,5)6/h7-8,11-12,14-18,25,37H,9-10,13,19H2,1-6H3. The molecule has 3 aromatic heterocycles. The predicted molar refractivity (Wildman–Crippen MR) is 174 cm³/mol. The monoisotopic (exact) mass is 641 g/mol. The maximum Gasteiger partial charge on any atom is 0.136 e. The first kappa shape index (κ1) is 31.7. The van der Waals surface area contributed by atoms with E-state index in [0.717, 1.165) is 39.0 Å². The number of pyridine rings is 1. The van der Waals surface area contributed by atoms with Crippen LogP contribution in [0.15, 0.2) is 54.4 Å². The van der Waals surface area contributed by atoms with Crippen LogP contribution in [0.25, 0.3) is 32.4 Å². The lowest BCUT2D eigenvalue weighted by Gasteiger charge is -2.29. The maximum atomic E-state index is 14.3. The van der Waals surface area contributed by atoms with E-state index in [9.17, 15) is 13.3 Å². The second-order valence-electron chi connectivity index (χ2n) is 12.9. The summed E-state index contributed by atoms with van der Waals surface area (Å²) in [6.07, 6.45) is 3.59. The van der Waals surface area contributed by atoms with Crippen molar-refractivity contribution in [3.63, 3.8) is 0 Å². The van der Waals surface area contributed by atoms with Crippen molar-refractivity contribution in [2.45, 2.75) is 70.4 Å². The summed E-state index contributed by atoms with van der Waals surface area (Å²) in [7, 11) is -1.27. The molecular formula is C31H37F2N5O2S2Si. The number of imidazole rings is 1. The Bertz CT molecular complexity index is 1710. The average Bonchev–Trinajstić information content (AvgIpc) is 3.55. The normalized spacial score (nSPS) is 14.1. The van der Waals surface area contributed by atoms with Gasteiger partial charge in [0.2, 0.25) is 0 Å². The summed E-state index contributed by atoms with van der Waals surface area (Å²) in [5.74, 6) is -1.34. The van der Waals surface area contributed by atoms with Crippen molar-refractivity contribution in [1.29, 1.82) is 0 Å². The fraction of sp³-hybridized carbons (Fsp3) is 0.387. The Balaban J connectivity index is 1.67. The van der Waals surface area contributed by atoms with Crippen molar-refractivity contribution in [1.82, 2.24) is 24.2 Å². The van der Waals surface area contributed by atoms with E-state index < -0.39 is 41.9 Å². The molecule has 0 spiro atoms. The molecule has 0 bridgehead atoms. The number of ether oxygens (including phenoxy) is 1. The molecule has 2 unspecified atom stereocenters. The number of rotatable bonds is 11. The Labute approximate surface area is 259 Å². The lowest BCUT2D eigenvalue weighted by atomic mass is 9.95. The zero-order chi connectivity index (χ0) is 30.9. The first-order valence-corrected chi connectivity index (χ1v) is 19.9. The third kappa shape index (κ3) is 7.68. The second-order valence-corrected chi connectivity index (χ2v) is 21.4. The van der Waals surface area contributed by atoms with Crippen molar-refractivity contribution < 1.29 is 18.1 Å². The fourth-order valence-electron chi connectivity index (χ4n) is 4.75. The zero-order valence-corrected chi connectivity index (χ0v) is 27.9. The van der Waals surface area contributed by atoms with Crippen molar-refractivity contribution in [3.8, 4) is 11.1 Å². The highest BCUT2D eigenvalue weighted by molar-refractivity contribution is 7.90. The van der Waals surface area contributed by atoms with Gasteiger partial charge in [-0.2, -0.15) is 0 Å².